The van der Waals surface area contributed by atoms with Gasteiger partial charge in [0.25, 0.3) is 23.6 Å². The molecule has 0 atom stereocenters. The lowest BCUT2D eigenvalue weighted by Crippen LogP contribution is -2.52. The first-order valence-electron chi connectivity index (χ1n) is 9.68. The summed E-state index contributed by atoms with van der Waals surface area (Å²) in [5.74, 6) is -1.30. The van der Waals surface area contributed by atoms with Crippen molar-refractivity contribution in [3.63, 3.8) is 0 Å². The van der Waals surface area contributed by atoms with Gasteiger partial charge in [-0.05, 0) is 48.1 Å². The van der Waals surface area contributed by atoms with Crippen LogP contribution < -0.4 is 4.74 Å². The number of carbonyl (C=O) groups excluding carboxylic acids is 4. The van der Waals surface area contributed by atoms with Gasteiger partial charge in [0.15, 0.2) is 5.11 Å². The molecule has 0 aromatic heterocycles. The Morgan fingerprint density at radius 1 is 0.875 bits per heavy atom. The molecule has 0 N–H and O–H groups in total. The molecule has 1 saturated heterocycles. The standard InChI is InChI=1S/C23H19N3O5S/c1-24-19(27)17(20(28)25(2)23(24)32)11-13-8-9-18(31-3)14(10-13)12-26-21(29)15-6-4-5-7-16(15)22(26)30/h4-11H,12H2,1-3H3. The fourth-order valence-electron chi connectivity index (χ4n) is 3.71. The molecule has 2 aliphatic rings. The van der Waals surface area contributed by atoms with Crippen molar-refractivity contribution in [1.82, 2.24) is 14.7 Å². The summed E-state index contributed by atoms with van der Waals surface area (Å²) < 4.78 is 5.40. The zero-order valence-electron chi connectivity index (χ0n) is 17.6. The summed E-state index contributed by atoms with van der Waals surface area (Å²) in [5, 5.41) is 0.123. The Morgan fingerprint density at radius 3 is 1.97 bits per heavy atom. The lowest BCUT2D eigenvalue weighted by molar-refractivity contribution is -0.132. The predicted octanol–water partition coefficient (Wildman–Crippen LogP) is 2.09. The molecule has 32 heavy (non-hydrogen) atoms. The maximum atomic E-state index is 12.7. The summed E-state index contributed by atoms with van der Waals surface area (Å²) >= 11 is 5.11. The molecule has 4 rings (SSSR count). The smallest absolute Gasteiger partial charge is 0.265 e. The van der Waals surface area contributed by atoms with Crippen molar-refractivity contribution < 1.29 is 23.9 Å². The number of hydrogen-bond acceptors (Lipinski definition) is 6. The van der Waals surface area contributed by atoms with E-state index in [9.17, 15) is 19.2 Å². The number of nitrogens with zero attached hydrogens (tertiary/aromatic N) is 3. The van der Waals surface area contributed by atoms with Gasteiger partial charge in [-0.1, -0.05) is 18.2 Å². The molecule has 2 heterocycles. The van der Waals surface area contributed by atoms with Crippen molar-refractivity contribution >= 4 is 47.0 Å². The number of rotatable bonds is 4. The molecule has 0 spiro atoms. The molecule has 0 aliphatic carbocycles. The van der Waals surface area contributed by atoms with Crippen LogP contribution in [0.4, 0.5) is 0 Å². The highest BCUT2D eigenvalue weighted by Gasteiger charge is 2.36. The van der Waals surface area contributed by atoms with Gasteiger partial charge in [-0.15, -0.1) is 0 Å². The van der Waals surface area contributed by atoms with Gasteiger partial charge in [0.1, 0.15) is 11.3 Å². The Kier molecular flexibility index (Phi) is 5.35. The van der Waals surface area contributed by atoms with Crippen LogP contribution in [-0.2, 0) is 16.1 Å². The van der Waals surface area contributed by atoms with Gasteiger partial charge in [0.2, 0.25) is 0 Å². The van der Waals surface area contributed by atoms with Crippen LogP contribution in [0.25, 0.3) is 6.08 Å². The number of amides is 4. The van der Waals surface area contributed by atoms with Gasteiger partial charge in [-0.25, -0.2) is 0 Å². The van der Waals surface area contributed by atoms with Gasteiger partial charge >= 0.3 is 0 Å². The Balaban J connectivity index is 1.69. The number of likely N-dealkylation sites (N-methyl/N-ethyl adjacent to an activating group) is 2. The van der Waals surface area contributed by atoms with Crippen LogP contribution in [-0.4, -0.2) is 64.6 Å². The molecule has 162 valence electrons. The van der Waals surface area contributed by atoms with Crippen LogP contribution in [0, 0.1) is 0 Å². The Morgan fingerprint density at radius 2 is 1.44 bits per heavy atom. The second kappa shape index (κ2) is 8.01. The van der Waals surface area contributed by atoms with E-state index in [1.807, 2.05) is 0 Å². The van der Waals surface area contributed by atoms with Gasteiger partial charge in [0.05, 0.1) is 24.8 Å². The first-order valence-corrected chi connectivity index (χ1v) is 10.1. The zero-order chi connectivity index (χ0) is 23.2. The molecule has 2 aromatic rings. The number of benzene rings is 2. The molecule has 1 fully saturated rings. The van der Waals surface area contributed by atoms with Gasteiger partial charge in [-0.3, -0.25) is 33.9 Å². The topological polar surface area (TPSA) is 87.2 Å². The Labute approximate surface area is 189 Å². The number of fused-ring (bicyclic) bond motifs is 1. The average Bonchev–Trinajstić information content (AvgIpc) is 3.04. The van der Waals surface area contributed by atoms with E-state index in [0.29, 0.717) is 28.0 Å². The van der Waals surface area contributed by atoms with Gasteiger partial charge in [0, 0.05) is 19.7 Å². The SMILES string of the molecule is COc1ccc(C=C2C(=O)N(C)C(=S)N(C)C2=O)cc1CN1C(=O)c2ccccc2C1=O. The number of carbonyl (C=O) groups is 4. The fraction of sp³-hybridized carbons (Fsp3) is 0.174. The Bertz CT molecular complexity index is 1170. The highest BCUT2D eigenvalue weighted by atomic mass is 32.1. The van der Waals surface area contributed by atoms with Gasteiger partial charge in [-0.2, -0.15) is 0 Å². The number of thiocarbonyl (C=S) groups is 1. The van der Waals surface area contributed by atoms with Crippen LogP contribution >= 0.6 is 12.2 Å². The third-order valence-corrected chi connectivity index (χ3v) is 6.01. The molecule has 0 bridgehead atoms. The monoisotopic (exact) mass is 449 g/mol. The quantitative estimate of drug-likeness (QED) is 0.308. The minimum absolute atomic E-state index is 0.0156. The minimum Gasteiger partial charge on any atom is -0.496 e. The van der Waals surface area contributed by atoms with Crippen molar-refractivity contribution in [3.8, 4) is 5.75 Å². The second-order valence-electron chi connectivity index (χ2n) is 7.38. The van der Waals surface area contributed by atoms with Gasteiger partial charge < -0.3 is 4.74 Å². The summed E-state index contributed by atoms with van der Waals surface area (Å²) in [6.07, 6.45) is 1.46. The predicted molar refractivity (Wildman–Crippen MR) is 120 cm³/mol. The highest BCUT2D eigenvalue weighted by Crippen LogP contribution is 2.29. The van der Waals surface area contributed by atoms with E-state index in [-0.39, 0.29) is 29.0 Å². The normalized spacial score (nSPS) is 16.2. The average molecular weight is 449 g/mol. The van der Waals surface area contributed by atoms with Crippen molar-refractivity contribution in [2.45, 2.75) is 6.54 Å². The number of imide groups is 1. The van der Waals surface area contributed by atoms with E-state index < -0.39 is 11.8 Å². The number of hydrogen-bond donors (Lipinski definition) is 0. The molecular formula is C23H19N3O5S. The van der Waals surface area contributed by atoms with Crippen LogP contribution in [0.5, 0.6) is 5.75 Å². The fourth-order valence-corrected chi connectivity index (χ4v) is 3.87. The summed E-state index contributed by atoms with van der Waals surface area (Å²) in [6, 6.07) is 11.7. The summed E-state index contributed by atoms with van der Waals surface area (Å²) in [4.78, 5) is 54.3. The lowest BCUT2D eigenvalue weighted by Gasteiger charge is -2.31. The minimum atomic E-state index is -0.504. The van der Waals surface area contributed by atoms with Crippen LogP contribution in [0.3, 0.4) is 0 Å². The largest absolute Gasteiger partial charge is 0.496 e. The highest BCUT2D eigenvalue weighted by molar-refractivity contribution is 7.80. The first-order chi connectivity index (χ1) is 15.2. The third kappa shape index (κ3) is 3.36. The van der Waals surface area contributed by atoms with Crippen molar-refractivity contribution in [3.05, 3.63) is 70.3 Å². The van der Waals surface area contributed by atoms with Crippen LogP contribution in [0.2, 0.25) is 0 Å². The van der Waals surface area contributed by atoms with Crippen LogP contribution in [0.1, 0.15) is 31.8 Å². The van der Waals surface area contributed by atoms with E-state index in [4.69, 9.17) is 17.0 Å². The number of methoxy groups -OCH3 is 1. The molecular weight excluding hydrogens is 430 g/mol. The number of ether oxygens (including phenoxy) is 1. The van der Waals surface area contributed by atoms with Crippen LogP contribution in [0.15, 0.2) is 48.0 Å². The van der Waals surface area contributed by atoms with E-state index in [0.717, 1.165) is 4.90 Å². The summed E-state index contributed by atoms with van der Waals surface area (Å²) in [7, 11) is 4.49. The molecule has 0 unspecified atom stereocenters. The van der Waals surface area contributed by atoms with E-state index in [1.54, 1.807) is 42.5 Å². The van der Waals surface area contributed by atoms with Crippen molar-refractivity contribution in [1.29, 1.82) is 0 Å². The molecule has 0 saturated carbocycles. The molecule has 2 aliphatic heterocycles. The van der Waals surface area contributed by atoms with Crippen molar-refractivity contribution in [2.75, 3.05) is 21.2 Å². The molecule has 9 heteroatoms. The third-order valence-electron chi connectivity index (χ3n) is 5.47. The zero-order valence-corrected chi connectivity index (χ0v) is 18.4. The molecule has 8 nitrogen and oxygen atoms in total. The maximum absolute atomic E-state index is 12.7. The maximum Gasteiger partial charge on any atom is 0.265 e. The first kappa shape index (κ1) is 21.4. The molecule has 0 radical (unpaired) electrons. The van der Waals surface area contributed by atoms with E-state index >= 15 is 0 Å². The second-order valence-corrected chi connectivity index (χ2v) is 7.75. The Hall–Kier alpha value is -3.85. The molecule has 4 amide bonds. The molecule has 2 aromatic carbocycles. The summed E-state index contributed by atoms with van der Waals surface area (Å²) in [6.45, 7) is -0.0156. The summed E-state index contributed by atoms with van der Waals surface area (Å²) in [5.41, 5.74) is 1.78. The van der Waals surface area contributed by atoms with Crippen molar-refractivity contribution in [2.24, 2.45) is 0 Å². The lowest BCUT2D eigenvalue weighted by atomic mass is 10.0. The van der Waals surface area contributed by atoms with E-state index in [2.05, 4.69) is 0 Å². The van der Waals surface area contributed by atoms with E-state index in [1.165, 1.54) is 37.1 Å².